The van der Waals surface area contributed by atoms with Crippen LogP contribution >= 0.6 is 0 Å². The topological polar surface area (TPSA) is 35.5 Å². The van der Waals surface area contributed by atoms with Crippen molar-refractivity contribution in [2.45, 2.75) is 72.3 Å². The van der Waals surface area contributed by atoms with Crippen LogP contribution in [0.2, 0.25) is 0 Å². The third kappa shape index (κ3) is 2.74. The zero-order chi connectivity index (χ0) is 15.3. The van der Waals surface area contributed by atoms with Gasteiger partial charge in [0, 0.05) is 0 Å². The minimum atomic E-state index is -0.265. The smallest absolute Gasteiger partial charge is 0.314 e. The number of fused-ring (bicyclic) bond motifs is 2. The summed E-state index contributed by atoms with van der Waals surface area (Å²) in [6.45, 7) is 8.86. The maximum absolute atomic E-state index is 12.5. The second-order valence-electron chi connectivity index (χ2n) is 8.67. The fourth-order valence-electron chi connectivity index (χ4n) is 4.89. The molecule has 0 radical (unpaired) electrons. The number of hydrogen-bond acceptors (Lipinski definition) is 3. The van der Waals surface area contributed by atoms with E-state index in [1.165, 1.54) is 25.7 Å². The molecule has 0 aromatic carbocycles. The van der Waals surface area contributed by atoms with Gasteiger partial charge in [-0.3, -0.25) is 4.79 Å². The number of rotatable bonds is 6. The van der Waals surface area contributed by atoms with Crippen LogP contribution in [-0.4, -0.2) is 18.9 Å². The number of carbonyl (C=O) groups excluding carboxylic acids is 1. The summed E-state index contributed by atoms with van der Waals surface area (Å²) in [5.74, 6) is 2.07. The molecule has 0 aliphatic heterocycles. The molecule has 21 heavy (non-hydrogen) atoms. The zero-order valence-electron chi connectivity index (χ0n) is 14.0. The van der Waals surface area contributed by atoms with Crippen LogP contribution in [0.15, 0.2) is 0 Å². The first-order chi connectivity index (χ1) is 9.84. The van der Waals surface area contributed by atoms with Gasteiger partial charge in [0.05, 0.1) is 11.5 Å². The fourth-order valence-corrected chi connectivity index (χ4v) is 4.89. The van der Waals surface area contributed by atoms with Crippen molar-refractivity contribution in [2.75, 3.05) is 6.79 Å². The lowest BCUT2D eigenvalue weighted by molar-refractivity contribution is -0.171. The Bertz CT molecular complexity index is 415. The van der Waals surface area contributed by atoms with Gasteiger partial charge in [0.2, 0.25) is 0 Å². The standard InChI is InChI=1S/C18H30O3/c1-12(2)9-18(10-17(18,3)4)16(19)21-11-20-15-8-13-5-6-14(15)7-13/h12-15H,5-11H2,1-4H3. The van der Waals surface area contributed by atoms with Crippen molar-refractivity contribution in [1.29, 1.82) is 0 Å². The Hall–Kier alpha value is -0.570. The molecule has 4 unspecified atom stereocenters. The van der Waals surface area contributed by atoms with Gasteiger partial charge in [0.15, 0.2) is 6.79 Å². The Morgan fingerprint density at radius 2 is 1.95 bits per heavy atom. The molecule has 3 fully saturated rings. The first-order valence-corrected chi connectivity index (χ1v) is 8.63. The molecule has 0 aromatic rings. The summed E-state index contributed by atoms with van der Waals surface area (Å²) in [5.41, 5.74) is -0.181. The summed E-state index contributed by atoms with van der Waals surface area (Å²) < 4.78 is 11.4. The SMILES string of the molecule is CC(C)CC1(C(=O)OCOC2CC3CCC2C3)CC1(C)C. The average molecular weight is 294 g/mol. The summed E-state index contributed by atoms with van der Waals surface area (Å²) in [6, 6.07) is 0. The minimum Gasteiger partial charge on any atom is -0.438 e. The summed E-state index contributed by atoms with van der Waals surface area (Å²) in [4.78, 5) is 12.5. The van der Waals surface area contributed by atoms with Crippen LogP contribution in [0, 0.1) is 28.6 Å². The predicted molar refractivity (Wildman–Crippen MR) is 81.6 cm³/mol. The average Bonchev–Trinajstić information content (AvgIpc) is 2.77. The molecule has 0 spiro atoms. The molecule has 0 saturated heterocycles. The van der Waals surface area contributed by atoms with Crippen LogP contribution in [0.1, 0.15) is 66.2 Å². The Balaban J connectivity index is 1.47. The van der Waals surface area contributed by atoms with Crippen molar-refractivity contribution >= 4 is 5.97 Å². The van der Waals surface area contributed by atoms with Gasteiger partial charge in [-0.25, -0.2) is 0 Å². The van der Waals surface area contributed by atoms with Gasteiger partial charge in [-0.05, 0) is 61.7 Å². The molecule has 3 nitrogen and oxygen atoms in total. The predicted octanol–water partition coefficient (Wildman–Crippen LogP) is 4.15. The molecule has 3 rings (SSSR count). The lowest BCUT2D eigenvalue weighted by Crippen LogP contribution is -2.28. The molecule has 3 aliphatic rings. The van der Waals surface area contributed by atoms with E-state index in [-0.39, 0.29) is 23.6 Å². The summed E-state index contributed by atoms with van der Waals surface area (Å²) in [5, 5.41) is 0. The highest BCUT2D eigenvalue weighted by Crippen LogP contribution is 2.67. The van der Waals surface area contributed by atoms with Crippen molar-refractivity contribution in [1.82, 2.24) is 0 Å². The third-order valence-electron chi connectivity index (χ3n) is 6.21. The summed E-state index contributed by atoms with van der Waals surface area (Å²) in [6.07, 6.45) is 7.37. The van der Waals surface area contributed by atoms with Crippen molar-refractivity contribution < 1.29 is 14.3 Å². The summed E-state index contributed by atoms with van der Waals surface area (Å²) in [7, 11) is 0. The highest BCUT2D eigenvalue weighted by atomic mass is 16.7. The largest absolute Gasteiger partial charge is 0.438 e. The molecule has 3 aliphatic carbocycles. The lowest BCUT2D eigenvalue weighted by Gasteiger charge is -2.24. The normalized spacial score (nSPS) is 39.8. The summed E-state index contributed by atoms with van der Waals surface area (Å²) >= 11 is 0. The zero-order valence-corrected chi connectivity index (χ0v) is 14.0. The van der Waals surface area contributed by atoms with Crippen LogP contribution < -0.4 is 0 Å². The highest BCUT2D eigenvalue weighted by Gasteiger charge is 2.67. The van der Waals surface area contributed by atoms with Gasteiger partial charge in [-0.15, -0.1) is 0 Å². The molecular formula is C18H30O3. The van der Waals surface area contributed by atoms with Crippen LogP contribution in [0.3, 0.4) is 0 Å². The molecule has 4 atom stereocenters. The van der Waals surface area contributed by atoms with Crippen molar-refractivity contribution in [3.63, 3.8) is 0 Å². The van der Waals surface area contributed by atoms with Crippen LogP contribution in [-0.2, 0) is 14.3 Å². The van der Waals surface area contributed by atoms with Gasteiger partial charge in [0.1, 0.15) is 0 Å². The Morgan fingerprint density at radius 1 is 1.24 bits per heavy atom. The van der Waals surface area contributed by atoms with E-state index in [2.05, 4.69) is 27.7 Å². The van der Waals surface area contributed by atoms with E-state index >= 15 is 0 Å². The van der Waals surface area contributed by atoms with E-state index in [4.69, 9.17) is 9.47 Å². The molecule has 120 valence electrons. The minimum absolute atomic E-state index is 0.0376. The van der Waals surface area contributed by atoms with Crippen molar-refractivity contribution in [3.05, 3.63) is 0 Å². The van der Waals surface area contributed by atoms with Crippen molar-refractivity contribution in [2.24, 2.45) is 28.6 Å². The van der Waals surface area contributed by atoms with Gasteiger partial charge in [-0.1, -0.05) is 27.7 Å². The number of hydrogen-bond donors (Lipinski definition) is 0. The first-order valence-electron chi connectivity index (χ1n) is 8.63. The monoisotopic (exact) mass is 294 g/mol. The van der Waals surface area contributed by atoms with Gasteiger partial charge < -0.3 is 9.47 Å². The van der Waals surface area contributed by atoms with Crippen molar-refractivity contribution in [3.8, 4) is 0 Å². The van der Waals surface area contributed by atoms with E-state index in [0.717, 1.165) is 24.7 Å². The quantitative estimate of drug-likeness (QED) is 0.545. The van der Waals surface area contributed by atoms with E-state index in [9.17, 15) is 4.79 Å². The van der Waals surface area contributed by atoms with Gasteiger partial charge in [0.25, 0.3) is 0 Å². The van der Waals surface area contributed by atoms with Crippen LogP contribution in [0.4, 0.5) is 0 Å². The van der Waals surface area contributed by atoms with E-state index in [0.29, 0.717) is 12.0 Å². The molecular weight excluding hydrogens is 264 g/mol. The molecule has 0 heterocycles. The Kier molecular flexibility index (Phi) is 3.84. The Morgan fingerprint density at radius 3 is 2.43 bits per heavy atom. The highest BCUT2D eigenvalue weighted by molar-refractivity contribution is 5.81. The molecule has 0 amide bonds. The van der Waals surface area contributed by atoms with Crippen LogP contribution in [0.5, 0.6) is 0 Å². The fraction of sp³-hybridized carbons (Fsp3) is 0.944. The van der Waals surface area contributed by atoms with Crippen LogP contribution in [0.25, 0.3) is 0 Å². The number of carbonyl (C=O) groups is 1. The first kappa shape index (κ1) is 15.3. The molecule has 3 saturated carbocycles. The van der Waals surface area contributed by atoms with Gasteiger partial charge in [-0.2, -0.15) is 0 Å². The van der Waals surface area contributed by atoms with E-state index in [1.807, 2.05) is 0 Å². The van der Waals surface area contributed by atoms with Gasteiger partial charge >= 0.3 is 5.97 Å². The molecule has 3 heteroatoms. The van der Waals surface area contributed by atoms with E-state index in [1.54, 1.807) is 0 Å². The number of esters is 1. The maximum atomic E-state index is 12.5. The maximum Gasteiger partial charge on any atom is 0.314 e. The molecule has 0 aromatic heterocycles. The lowest BCUT2D eigenvalue weighted by atomic mass is 9.87. The van der Waals surface area contributed by atoms with E-state index < -0.39 is 0 Å². The second kappa shape index (κ2) is 5.26. The second-order valence-corrected chi connectivity index (χ2v) is 8.67. The molecule has 0 N–H and O–H groups in total. The molecule has 2 bridgehead atoms. The third-order valence-corrected chi connectivity index (χ3v) is 6.21. The number of ether oxygens (including phenoxy) is 2. The Labute approximate surface area is 128 Å².